The van der Waals surface area contributed by atoms with Gasteiger partial charge in [-0.3, -0.25) is 0 Å². The van der Waals surface area contributed by atoms with Crippen LogP contribution in [0.3, 0.4) is 0 Å². The van der Waals surface area contributed by atoms with Crippen LogP contribution in [-0.2, 0) is 0 Å². The zero-order valence-corrected chi connectivity index (χ0v) is 8.62. The standard InChI is InChI=1S/C10H20O3/c1-9(2,12)7-4-5-10(3,13)8(11)6-7/h7-8,11-13H,4-6H2,1-3H3/t7?,8-,10-/m0/s1. The van der Waals surface area contributed by atoms with E-state index in [0.717, 1.165) is 6.42 Å². The summed E-state index contributed by atoms with van der Waals surface area (Å²) in [4.78, 5) is 0. The Kier molecular flexibility index (Phi) is 2.72. The van der Waals surface area contributed by atoms with E-state index in [1.165, 1.54) is 0 Å². The Bertz CT molecular complexity index is 181. The summed E-state index contributed by atoms with van der Waals surface area (Å²) in [6, 6.07) is 0. The Morgan fingerprint density at radius 2 is 1.92 bits per heavy atom. The molecule has 0 radical (unpaired) electrons. The third-order valence-corrected chi connectivity index (χ3v) is 3.22. The highest BCUT2D eigenvalue weighted by Gasteiger charge is 2.41. The summed E-state index contributed by atoms with van der Waals surface area (Å²) in [6.07, 6.45) is 1.10. The first-order chi connectivity index (χ1) is 5.73. The third kappa shape index (κ3) is 2.42. The Balaban J connectivity index is 2.61. The molecule has 1 unspecified atom stereocenters. The molecule has 3 N–H and O–H groups in total. The van der Waals surface area contributed by atoms with Gasteiger partial charge < -0.3 is 15.3 Å². The smallest absolute Gasteiger partial charge is 0.0877 e. The van der Waals surface area contributed by atoms with Crippen LogP contribution >= 0.6 is 0 Å². The third-order valence-electron chi connectivity index (χ3n) is 3.22. The van der Waals surface area contributed by atoms with Crippen LogP contribution in [0.1, 0.15) is 40.0 Å². The van der Waals surface area contributed by atoms with Gasteiger partial charge in [-0.25, -0.2) is 0 Å². The van der Waals surface area contributed by atoms with Crippen LogP contribution in [0, 0.1) is 5.92 Å². The minimum atomic E-state index is -0.970. The number of aliphatic hydroxyl groups is 3. The van der Waals surface area contributed by atoms with Gasteiger partial charge in [0.25, 0.3) is 0 Å². The van der Waals surface area contributed by atoms with E-state index < -0.39 is 17.3 Å². The van der Waals surface area contributed by atoms with Gasteiger partial charge in [0.1, 0.15) is 0 Å². The van der Waals surface area contributed by atoms with Crippen LogP contribution in [0.2, 0.25) is 0 Å². The lowest BCUT2D eigenvalue weighted by Crippen LogP contribution is -2.48. The normalized spacial score (nSPS) is 42.0. The van der Waals surface area contributed by atoms with Crippen molar-refractivity contribution in [2.24, 2.45) is 5.92 Å². The quantitative estimate of drug-likeness (QED) is 0.567. The van der Waals surface area contributed by atoms with Gasteiger partial charge in [-0.15, -0.1) is 0 Å². The molecule has 1 aliphatic rings. The van der Waals surface area contributed by atoms with Crippen molar-refractivity contribution in [3.8, 4) is 0 Å². The molecule has 0 heterocycles. The van der Waals surface area contributed by atoms with Gasteiger partial charge in [0.2, 0.25) is 0 Å². The average molecular weight is 188 g/mol. The lowest BCUT2D eigenvalue weighted by atomic mass is 9.72. The first kappa shape index (κ1) is 11.0. The van der Waals surface area contributed by atoms with E-state index in [1.807, 2.05) is 0 Å². The Morgan fingerprint density at radius 3 is 2.31 bits per heavy atom. The summed E-state index contributed by atoms with van der Waals surface area (Å²) in [5.74, 6) is 0.0859. The van der Waals surface area contributed by atoms with Crippen molar-refractivity contribution in [2.75, 3.05) is 0 Å². The molecule has 1 rings (SSSR count). The fourth-order valence-corrected chi connectivity index (χ4v) is 1.92. The summed E-state index contributed by atoms with van der Waals surface area (Å²) in [7, 11) is 0. The van der Waals surface area contributed by atoms with E-state index in [0.29, 0.717) is 12.8 Å². The van der Waals surface area contributed by atoms with Gasteiger partial charge in [-0.1, -0.05) is 0 Å². The molecule has 3 heteroatoms. The van der Waals surface area contributed by atoms with Crippen LogP contribution in [0.25, 0.3) is 0 Å². The van der Waals surface area contributed by atoms with Gasteiger partial charge in [-0.05, 0) is 46.0 Å². The van der Waals surface area contributed by atoms with Crippen molar-refractivity contribution in [3.05, 3.63) is 0 Å². The zero-order chi connectivity index (χ0) is 10.3. The highest BCUT2D eigenvalue weighted by molar-refractivity contribution is 4.93. The molecule has 0 saturated heterocycles. The topological polar surface area (TPSA) is 60.7 Å². The van der Waals surface area contributed by atoms with Gasteiger partial charge in [0.05, 0.1) is 17.3 Å². The monoisotopic (exact) mass is 188 g/mol. The summed E-state index contributed by atoms with van der Waals surface area (Å²) >= 11 is 0. The first-order valence-corrected chi connectivity index (χ1v) is 4.86. The molecule has 0 aromatic rings. The highest BCUT2D eigenvalue weighted by Crippen LogP contribution is 2.37. The van der Waals surface area contributed by atoms with Crippen molar-refractivity contribution < 1.29 is 15.3 Å². The largest absolute Gasteiger partial charge is 0.390 e. The molecule has 0 bridgehead atoms. The van der Waals surface area contributed by atoms with Crippen molar-refractivity contribution in [1.82, 2.24) is 0 Å². The van der Waals surface area contributed by atoms with E-state index >= 15 is 0 Å². The molecule has 0 spiro atoms. The van der Waals surface area contributed by atoms with Crippen molar-refractivity contribution in [2.45, 2.75) is 57.3 Å². The second kappa shape index (κ2) is 3.23. The minimum Gasteiger partial charge on any atom is -0.390 e. The molecule has 78 valence electrons. The molecule has 0 aromatic heterocycles. The van der Waals surface area contributed by atoms with E-state index in [2.05, 4.69) is 0 Å². The second-order valence-corrected chi connectivity index (χ2v) is 5.00. The van der Waals surface area contributed by atoms with E-state index in [9.17, 15) is 15.3 Å². The van der Waals surface area contributed by atoms with Crippen LogP contribution in [-0.4, -0.2) is 32.6 Å². The summed E-state index contributed by atoms with van der Waals surface area (Å²) in [5, 5.41) is 29.0. The fraction of sp³-hybridized carbons (Fsp3) is 1.00. The van der Waals surface area contributed by atoms with E-state index in [4.69, 9.17) is 0 Å². The predicted octanol–water partition coefficient (Wildman–Crippen LogP) is 0.669. The lowest BCUT2D eigenvalue weighted by molar-refractivity contribution is -0.126. The van der Waals surface area contributed by atoms with Gasteiger partial charge in [0.15, 0.2) is 0 Å². The molecule has 3 atom stereocenters. The Hall–Kier alpha value is -0.120. The highest BCUT2D eigenvalue weighted by atomic mass is 16.3. The molecular formula is C10H20O3. The number of hydrogen-bond donors (Lipinski definition) is 3. The first-order valence-electron chi connectivity index (χ1n) is 4.86. The molecule has 1 aliphatic carbocycles. The van der Waals surface area contributed by atoms with Crippen LogP contribution < -0.4 is 0 Å². The maximum Gasteiger partial charge on any atom is 0.0877 e. The van der Waals surface area contributed by atoms with Crippen molar-refractivity contribution >= 4 is 0 Å². The molecule has 13 heavy (non-hydrogen) atoms. The van der Waals surface area contributed by atoms with Gasteiger partial charge in [0, 0.05) is 0 Å². The second-order valence-electron chi connectivity index (χ2n) is 5.00. The Morgan fingerprint density at radius 1 is 1.38 bits per heavy atom. The predicted molar refractivity (Wildman–Crippen MR) is 50.3 cm³/mol. The number of rotatable bonds is 1. The van der Waals surface area contributed by atoms with E-state index in [1.54, 1.807) is 20.8 Å². The maximum atomic E-state index is 9.74. The van der Waals surface area contributed by atoms with Crippen LogP contribution in [0.4, 0.5) is 0 Å². The van der Waals surface area contributed by atoms with Gasteiger partial charge >= 0.3 is 0 Å². The fourth-order valence-electron chi connectivity index (χ4n) is 1.92. The van der Waals surface area contributed by atoms with E-state index in [-0.39, 0.29) is 5.92 Å². The van der Waals surface area contributed by atoms with Gasteiger partial charge in [-0.2, -0.15) is 0 Å². The summed E-state index contributed by atoms with van der Waals surface area (Å²) < 4.78 is 0. The molecule has 1 saturated carbocycles. The summed E-state index contributed by atoms with van der Waals surface area (Å²) in [6.45, 7) is 5.16. The molecule has 0 amide bonds. The minimum absolute atomic E-state index is 0.0859. The van der Waals surface area contributed by atoms with Crippen LogP contribution in [0.5, 0.6) is 0 Å². The summed E-state index contributed by atoms with van der Waals surface area (Å²) in [5.41, 5.74) is -1.72. The molecular weight excluding hydrogens is 168 g/mol. The van der Waals surface area contributed by atoms with Crippen molar-refractivity contribution in [1.29, 1.82) is 0 Å². The van der Waals surface area contributed by atoms with Crippen molar-refractivity contribution in [3.63, 3.8) is 0 Å². The number of hydrogen-bond acceptors (Lipinski definition) is 3. The lowest BCUT2D eigenvalue weighted by Gasteiger charge is -2.42. The van der Waals surface area contributed by atoms with Crippen LogP contribution in [0.15, 0.2) is 0 Å². The maximum absolute atomic E-state index is 9.74. The molecule has 0 aromatic carbocycles. The zero-order valence-electron chi connectivity index (χ0n) is 8.62. The number of aliphatic hydroxyl groups excluding tert-OH is 1. The molecule has 0 aliphatic heterocycles. The average Bonchev–Trinajstić information content (AvgIpc) is 1.92. The molecule has 1 fully saturated rings. The Labute approximate surface area is 79.4 Å². The molecule has 3 nitrogen and oxygen atoms in total. The SMILES string of the molecule is CC(C)(O)C1CC[C@](C)(O)[C@@H](O)C1.